The Bertz CT molecular complexity index is 343. The van der Waals surface area contributed by atoms with E-state index in [4.69, 9.17) is 21.6 Å². The van der Waals surface area contributed by atoms with E-state index in [2.05, 4.69) is 4.98 Å². The van der Waals surface area contributed by atoms with Crippen LogP contribution in [0.1, 0.15) is 11.3 Å². The van der Waals surface area contributed by atoms with Gasteiger partial charge < -0.3 is 4.74 Å². The van der Waals surface area contributed by atoms with E-state index >= 15 is 0 Å². The van der Waals surface area contributed by atoms with Gasteiger partial charge in [0.2, 0.25) is 0 Å². The molecule has 4 heteroatoms. The van der Waals surface area contributed by atoms with E-state index in [1.54, 1.807) is 13.0 Å². The minimum Gasteiger partial charge on any atom is -0.494 e. The predicted molar refractivity (Wildman–Crippen MR) is 45.3 cm³/mol. The molecule has 0 bridgehead atoms. The standard InChI is InChI=1S/C8H7ClN2O/c1-5-3-7(12-2)8(9)11-6(5)4-10/h3H,1-2H3. The van der Waals surface area contributed by atoms with Gasteiger partial charge in [-0.05, 0) is 18.6 Å². The van der Waals surface area contributed by atoms with E-state index in [1.165, 1.54) is 7.11 Å². The quantitative estimate of drug-likeness (QED) is 0.624. The first kappa shape index (κ1) is 8.82. The van der Waals surface area contributed by atoms with Crippen LogP contribution < -0.4 is 4.74 Å². The minimum atomic E-state index is 0.222. The molecule has 0 amide bonds. The van der Waals surface area contributed by atoms with Crippen LogP contribution in [0, 0.1) is 18.3 Å². The van der Waals surface area contributed by atoms with Gasteiger partial charge in [-0.25, -0.2) is 4.98 Å². The molecule has 0 fully saturated rings. The second kappa shape index (κ2) is 3.42. The summed E-state index contributed by atoms with van der Waals surface area (Å²) in [6.07, 6.45) is 0. The monoisotopic (exact) mass is 182 g/mol. The van der Waals surface area contributed by atoms with Crippen LogP contribution in [0.25, 0.3) is 0 Å². The number of hydrogen-bond acceptors (Lipinski definition) is 3. The Kier molecular flexibility index (Phi) is 2.51. The van der Waals surface area contributed by atoms with Gasteiger partial charge in [-0.3, -0.25) is 0 Å². The number of methoxy groups -OCH3 is 1. The van der Waals surface area contributed by atoms with Crippen LogP contribution in [0.4, 0.5) is 0 Å². The second-order valence-corrected chi connectivity index (χ2v) is 2.62. The van der Waals surface area contributed by atoms with Crippen LogP contribution in [0.15, 0.2) is 6.07 Å². The highest BCUT2D eigenvalue weighted by Gasteiger charge is 2.06. The molecule has 3 nitrogen and oxygen atoms in total. The molecule has 0 N–H and O–H groups in total. The maximum atomic E-state index is 8.59. The summed E-state index contributed by atoms with van der Waals surface area (Å²) in [5, 5.41) is 8.82. The molecule has 0 saturated heterocycles. The van der Waals surface area contributed by atoms with Gasteiger partial charge in [-0.15, -0.1) is 0 Å². The van der Waals surface area contributed by atoms with E-state index in [9.17, 15) is 0 Å². The van der Waals surface area contributed by atoms with Crippen LogP contribution in [-0.4, -0.2) is 12.1 Å². The van der Waals surface area contributed by atoms with Crippen LogP contribution in [0.3, 0.4) is 0 Å². The molecular formula is C8H7ClN2O. The van der Waals surface area contributed by atoms with Gasteiger partial charge in [-0.1, -0.05) is 11.6 Å². The maximum absolute atomic E-state index is 8.59. The summed E-state index contributed by atoms with van der Waals surface area (Å²) < 4.78 is 4.92. The molecular weight excluding hydrogens is 176 g/mol. The van der Waals surface area contributed by atoms with Crippen LogP contribution in [0.5, 0.6) is 5.75 Å². The van der Waals surface area contributed by atoms with E-state index in [1.807, 2.05) is 6.07 Å². The highest BCUT2D eigenvalue weighted by Crippen LogP contribution is 2.23. The summed E-state index contributed by atoms with van der Waals surface area (Å²) in [5.74, 6) is 0.494. The first-order valence-corrected chi connectivity index (χ1v) is 3.68. The lowest BCUT2D eigenvalue weighted by Crippen LogP contribution is -1.93. The summed E-state index contributed by atoms with van der Waals surface area (Å²) in [6.45, 7) is 1.78. The van der Waals surface area contributed by atoms with Gasteiger partial charge >= 0.3 is 0 Å². The first-order valence-electron chi connectivity index (χ1n) is 3.30. The molecule has 0 radical (unpaired) electrons. The number of nitrogens with zero attached hydrogens (tertiary/aromatic N) is 2. The topological polar surface area (TPSA) is 45.9 Å². The van der Waals surface area contributed by atoms with Gasteiger partial charge in [-0.2, -0.15) is 5.26 Å². The van der Waals surface area contributed by atoms with Crippen molar-refractivity contribution in [3.05, 3.63) is 22.5 Å². The van der Waals surface area contributed by atoms with E-state index < -0.39 is 0 Å². The first-order chi connectivity index (χ1) is 5.69. The molecule has 1 aromatic heterocycles. The van der Waals surface area contributed by atoms with Crippen LogP contribution >= 0.6 is 11.6 Å². The number of halogens is 1. The Morgan fingerprint density at radius 1 is 1.67 bits per heavy atom. The summed E-state index contributed by atoms with van der Waals surface area (Å²) in [4.78, 5) is 3.84. The third-order valence-corrected chi connectivity index (χ3v) is 1.73. The van der Waals surface area contributed by atoms with Gasteiger partial charge in [0.15, 0.2) is 10.9 Å². The summed E-state index contributed by atoms with van der Waals surface area (Å²) in [5.41, 5.74) is 1.10. The Morgan fingerprint density at radius 3 is 2.83 bits per heavy atom. The van der Waals surface area contributed by atoms with E-state index in [-0.39, 0.29) is 5.15 Å². The number of aryl methyl sites for hydroxylation is 1. The van der Waals surface area contributed by atoms with Crippen molar-refractivity contribution in [2.45, 2.75) is 6.92 Å². The number of hydrogen-bond donors (Lipinski definition) is 0. The van der Waals surface area contributed by atoms with Gasteiger partial charge in [0, 0.05) is 0 Å². The molecule has 12 heavy (non-hydrogen) atoms. The highest BCUT2D eigenvalue weighted by molar-refractivity contribution is 6.30. The molecule has 0 aromatic carbocycles. The van der Waals surface area contributed by atoms with Crippen molar-refractivity contribution in [3.8, 4) is 11.8 Å². The van der Waals surface area contributed by atoms with Gasteiger partial charge in [0.05, 0.1) is 7.11 Å². The average molecular weight is 183 g/mol. The van der Waals surface area contributed by atoms with Crippen molar-refractivity contribution in [1.82, 2.24) is 4.98 Å². The summed E-state index contributed by atoms with van der Waals surface area (Å²) >= 11 is 5.69. The fraction of sp³-hybridized carbons (Fsp3) is 0.250. The largest absolute Gasteiger partial charge is 0.494 e. The van der Waals surface area contributed by atoms with Crippen LogP contribution in [-0.2, 0) is 0 Å². The zero-order valence-electron chi connectivity index (χ0n) is 6.76. The van der Waals surface area contributed by atoms with E-state index in [0.717, 1.165) is 5.56 Å². The SMILES string of the molecule is COc1cc(C)c(C#N)nc1Cl. The lowest BCUT2D eigenvalue weighted by atomic mass is 10.2. The Hall–Kier alpha value is -1.27. The van der Waals surface area contributed by atoms with Crippen molar-refractivity contribution >= 4 is 11.6 Å². The maximum Gasteiger partial charge on any atom is 0.172 e. The lowest BCUT2D eigenvalue weighted by Gasteiger charge is -2.03. The third-order valence-electron chi connectivity index (χ3n) is 1.46. The second-order valence-electron chi connectivity index (χ2n) is 2.26. The normalized spacial score (nSPS) is 9.17. The zero-order valence-corrected chi connectivity index (χ0v) is 7.51. The smallest absolute Gasteiger partial charge is 0.172 e. The predicted octanol–water partition coefficient (Wildman–Crippen LogP) is 1.92. The molecule has 1 aromatic rings. The molecule has 62 valence electrons. The molecule has 0 saturated carbocycles. The molecule has 0 aliphatic heterocycles. The highest BCUT2D eigenvalue weighted by atomic mass is 35.5. The summed E-state index contributed by atoms with van der Waals surface area (Å²) in [7, 11) is 1.51. The van der Waals surface area contributed by atoms with Gasteiger partial charge in [0.1, 0.15) is 11.8 Å². The number of aromatic nitrogens is 1. The minimum absolute atomic E-state index is 0.222. The molecule has 1 heterocycles. The fourth-order valence-corrected chi connectivity index (χ4v) is 1.04. The average Bonchev–Trinajstić information content (AvgIpc) is 2.08. The molecule has 0 atom stereocenters. The van der Waals surface area contributed by atoms with Crippen molar-refractivity contribution in [1.29, 1.82) is 5.26 Å². The van der Waals surface area contributed by atoms with Crippen LogP contribution in [0.2, 0.25) is 5.15 Å². The van der Waals surface area contributed by atoms with Crippen molar-refractivity contribution < 1.29 is 4.74 Å². The van der Waals surface area contributed by atoms with E-state index in [0.29, 0.717) is 11.4 Å². The molecule has 1 rings (SSSR count). The van der Waals surface area contributed by atoms with Crippen molar-refractivity contribution in [3.63, 3.8) is 0 Å². The van der Waals surface area contributed by atoms with Gasteiger partial charge in [0.25, 0.3) is 0 Å². The molecule has 0 aliphatic carbocycles. The Balaban J connectivity index is 3.28. The molecule has 0 spiro atoms. The number of nitriles is 1. The number of pyridine rings is 1. The Labute approximate surface area is 75.6 Å². The van der Waals surface area contributed by atoms with Crippen molar-refractivity contribution in [2.75, 3.05) is 7.11 Å². The fourth-order valence-electron chi connectivity index (χ4n) is 0.822. The lowest BCUT2D eigenvalue weighted by molar-refractivity contribution is 0.412. The number of ether oxygens (including phenoxy) is 1. The zero-order chi connectivity index (χ0) is 9.14. The van der Waals surface area contributed by atoms with Crippen molar-refractivity contribution in [2.24, 2.45) is 0 Å². The Morgan fingerprint density at radius 2 is 2.33 bits per heavy atom. The third kappa shape index (κ3) is 1.49. The molecule has 0 unspecified atom stereocenters. The summed E-state index contributed by atoms with van der Waals surface area (Å²) in [6, 6.07) is 3.62. The molecule has 0 aliphatic rings. The number of rotatable bonds is 1.